The van der Waals surface area contributed by atoms with Gasteiger partial charge in [-0.25, -0.2) is 0 Å². The van der Waals surface area contributed by atoms with Gasteiger partial charge in [0.25, 0.3) is 0 Å². The molecule has 1 aliphatic heterocycles. The fourth-order valence-electron chi connectivity index (χ4n) is 2.97. The van der Waals surface area contributed by atoms with Crippen molar-refractivity contribution >= 4 is 5.97 Å². The zero-order valence-electron chi connectivity index (χ0n) is 11.9. The minimum absolute atomic E-state index is 0.529. The van der Waals surface area contributed by atoms with Crippen molar-refractivity contribution in [3.8, 4) is 11.8 Å². The lowest BCUT2D eigenvalue weighted by Crippen LogP contribution is -2.50. The first-order valence-electron chi connectivity index (χ1n) is 7.21. The van der Waals surface area contributed by atoms with E-state index in [1.54, 1.807) is 0 Å². The molecule has 1 aromatic carbocycles. The van der Waals surface area contributed by atoms with Crippen LogP contribution in [-0.2, 0) is 4.79 Å². The monoisotopic (exact) mass is 271 g/mol. The summed E-state index contributed by atoms with van der Waals surface area (Å²) in [6.07, 6.45) is 3.27. The van der Waals surface area contributed by atoms with Crippen LogP contribution >= 0.6 is 0 Å². The van der Waals surface area contributed by atoms with Crippen LogP contribution < -0.4 is 0 Å². The van der Waals surface area contributed by atoms with Gasteiger partial charge in [-0.05, 0) is 31.4 Å². The fourth-order valence-corrected chi connectivity index (χ4v) is 2.97. The van der Waals surface area contributed by atoms with Gasteiger partial charge in [0.15, 0.2) is 0 Å². The van der Waals surface area contributed by atoms with Gasteiger partial charge >= 0.3 is 5.97 Å². The Morgan fingerprint density at radius 2 is 2.15 bits per heavy atom. The highest BCUT2D eigenvalue weighted by Crippen LogP contribution is 2.33. The van der Waals surface area contributed by atoms with Crippen LogP contribution in [0.15, 0.2) is 30.3 Å². The summed E-state index contributed by atoms with van der Waals surface area (Å²) in [6.45, 7) is 3.40. The summed E-state index contributed by atoms with van der Waals surface area (Å²) >= 11 is 0. The molecule has 0 aliphatic carbocycles. The molecule has 1 saturated heterocycles. The Morgan fingerprint density at radius 3 is 2.80 bits per heavy atom. The minimum atomic E-state index is -0.696. The van der Waals surface area contributed by atoms with E-state index in [0.29, 0.717) is 13.0 Å². The molecule has 106 valence electrons. The van der Waals surface area contributed by atoms with E-state index in [9.17, 15) is 9.90 Å². The molecule has 0 aromatic heterocycles. The highest BCUT2D eigenvalue weighted by molar-refractivity contribution is 5.79. The predicted molar refractivity (Wildman–Crippen MR) is 79.4 cm³/mol. The van der Waals surface area contributed by atoms with Gasteiger partial charge < -0.3 is 5.11 Å². The Bertz CT molecular complexity index is 515. The average Bonchev–Trinajstić information content (AvgIpc) is 2.85. The van der Waals surface area contributed by atoms with Gasteiger partial charge in [-0.3, -0.25) is 9.69 Å². The van der Waals surface area contributed by atoms with Crippen molar-refractivity contribution in [2.24, 2.45) is 0 Å². The van der Waals surface area contributed by atoms with E-state index >= 15 is 0 Å². The van der Waals surface area contributed by atoms with Crippen LogP contribution in [0.1, 0.15) is 38.2 Å². The van der Waals surface area contributed by atoms with Crippen LogP contribution in [-0.4, -0.2) is 34.6 Å². The topological polar surface area (TPSA) is 40.5 Å². The van der Waals surface area contributed by atoms with Crippen LogP contribution in [0.2, 0.25) is 0 Å². The third kappa shape index (κ3) is 3.02. The van der Waals surface area contributed by atoms with Gasteiger partial charge in [-0.15, -0.1) is 0 Å². The number of carboxylic acid groups (broad SMARTS) is 1. The maximum Gasteiger partial charge on any atom is 0.324 e. The second-order valence-electron chi connectivity index (χ2n) is 5.28. The number of rotatable bonds is 4. The van der Waals surface area contributed by atoms with Crippen molar-refractivity contribution in [3.05, 3.63) is 35.9 Å². The van der Waals surface area contributed by atoms with Gasteiger partial charge in [0.2, 0.25) is 0 Å². The molecule has 1 heterocycles. The number of aliphatic carboxylic acids is 1. The summed E-state index contributed by atoms with van der Waals surface area (Å²) in [7, 11) is 0. The molecule has 1 atom stereocenters. The molecule has 1 aromatic rings. The van der Waals surface area contributed by atoms with Crippen LogP contribution in [0.25, 0.3) is 0 Å². The SMILES string of the molecule is CCCC1(C(=O)O)CCCN1CC#Cc1ccccc1. The molecule has 3 heteroatoms. The number of hydrogen-bond acceptors (Lipinski definition) is 2. The molecule has 1 N–H and O–H groups in total. The molecule has 1 aliphatic rings. The van der Waals surface area contributed by atoms with Crippen LogP contribution in [0.5, 0.6) is 0 Å². The van der Waals surface area contributed by atoms with Crippen molar-refractivity contribution < 1.29 is 9.90 Å². The summed E-state index contributed by atoms with van der Waals surface area (Å²) in [6, 6.07) is 9.81. The third-order valence-electron chi connectivity index (χ3n) is 3.96. The second kappa shape index (κ2) is 6.58. The van der Waals surface area contributed by atoms with Crippen molar-refractivity contribution in [1.29, 1.82) is 0 Å². The molecular weight excluding hydrogens is 250 g/mol. The number of carboxylic acids is 1. The van der Waals surface area contributed by atoms with Gasteiger partial charge in [-0.1, -0.05) is 43.4 Å². The maximum absolute atomic E-state index is 11.7. The van der Waals surface area contributed by atoms with E-state index in [4.69, 9.17) is 0 Å². The summed E-state index contributed by atoms with van der Waals surface area (Å²) in [5.41, 5.74) is 0.281. The lowest BCUT2D eigenvalue weighted by Gasteiger charge is -2.33. The molecule has 0 amide bonds. The third-order valence-corrected chi connectivity index (χ3v) is 3.96. The molecule has 20 heavy (non-hydrogen) atoms. The fraction of sp³-hybridized carbons (Fsp3) is 0.471. The first-order chi connectivity index (χ1) is 9.69. The molecule has 2 rings (SSSR count). The Hall–Kier alpha value is -1.79. The van der Waals surface area contributed by atoms with Gasteiger partial charge in [0.1, 0.15) is 5.54 Å². The normalized spacial score (nSPS) is 22.2. The molecule has 1 fully saturated rings. The van der Waals surface area contributed by atoms with Crippen molar-refractivity contribution in [1.82, 2.24) is 4.90 Å². The Labute approximate surface area is 120 Å². The highest BCUT2D eigenvalue weighted by Gasteiger charge is 2.46. The van der Waals surface area contributed by atoms with E-state index in [-0.39, 0.29) is 0 Å². The van der Waals surface area contributed by atoms with E-state index in [0.717, 1.165) is 31.4 Å². The molecule has 3 nitrogen and oxygen atoms in total. The van der Waals surface area contributed by atoms with Crippen LogP contribution in [0.4, 0.5) is 0 Å². The maximum atomic E-state index is 11.7. The number of benzene rings is 1. The van der Waals surface area contributed by atoms with E-state index in [2.05, 4.69) is 11.8 Å². The highest BCUT2D eigenvalue weighted by atomic mass is 16.4. The van der Waals surface area contributed by atoms with Gasteiger partial charge in [0.05, 0.1) is 6.54 Å². The van der Waals surface area contributed by atoms with Crippen LogP contribution in [0, 0.1) is 11.8 Å². The number of carbonyl (C=O) groups is 1. The molecule has 0 spiro atoms. The van der Waals surface area contributed by atoms with E-state index in [1.807, 2.05) is 42.2 Å². The summed E-state index contributed by atoms with van der Waals surface area (Å²) in [5.74, 6) is 5.53. The summed E-state index contributed by atoms with van der Waals surface area (Å²) in [5, 5.41) is 9.59. The van der Waals surface area contributed by atoms with E-state index < -0.39 is 11.5 Å². The molecule has 0 bridgehead atoms. The van der Waals surface area contributed by atoms with Gasteiger partial charge in [0, 0.05) is 12.1 Å². The van der Waals surface area contributed by atoms with Crippen LogP contribution in [0.3, 0.4) is 0 Å². The number of hydrogen-bond donors (Lipinski definition) is 1. The van der Waals surface area contributed by atoms with E-state index in [1.165, 1.54) is 0 Å². The lowest BCUT2D eigenvalue weighted by atomic mass is 9.90. The quantitative estimate of drug-likeness (QED) is 0.856. The predicted octanol–water partition coefficient (Wildman–Crippen LogP) is 2.76. The minimum Gasteiger partial charge on any atom is -0.480 e. The molecule has 0 saturated carbocycles. The summed E-state index contributed by atoms with van der Waals surface area (Å²) < 4.78 is 0. The number of likely N-dealkylation sites (tertiary alicyclic amines) is 1. The standard InChI is InChI=1S/C17H21NO2/c1-2-11-17(16(19)20)12-7-14-18(17)13-6-10-15-8-4-3-5-9-15/h3-5,8-9H,2,7,11-14H2,1H3,(H,19,20). The second-order valence-corrected chi connectivity index (χ2v) is 5.28. The lowest BCUT2D eigenvalue weighted by molar-refractivity contribution is -0.149. The first kappa shape index (κ1) is 14.6. The van der Waals surface area contributed by atoms with Crippen molar-refractivity contribution in [3.63, 3.8) is 0 Å². The molecule has 1 unspecified atom stereocenters. The molecular formula is C17H21NO2. The zero-order chi connectivity index (χ0) is 14.4. The van der Waals surface area contributed by atoms with Gasteiger partial charge in [-0.2, -0.15) is 0 Å². The zero-order valence-corrected chi connectivity index (χ0v) is 11.9. The largest absolute Gasteiger partial charge is 0.480 e. The molecule has 0 radical (unpaired) electrons. The Balaban J connectivity index is 2.08. The average molecular weight is 271 g/mol. The Morgan fingerprint density at radius 1 is 1.40 bits per heavy atom. The van der Waals surface area contributed by atoms with Crippen molar-refractivity contribution in [2.75, 3.05) is 13.1 Å². The smallest absolute Gasteiger partial charge is 0.324 e. The first-order valence-corrected chi connectivity index (χ1v) is 7.21. The number of nitrogens with zero attached hydrogens (tertiary/aromatic N) is 1. The summed E-state index contributed by atoms with van der Waals surface area (Å²) in [4.78, 5) is 13.7. The Kier molecular flexibility index (Phi) is 4.81. The van der Waals surface area contributed by atoms with Crippen molar-refractivity contribution in [2.45, 2.75) is 38.1 Å².